The highest BCUT2D eigenvalue weighted by Gasteiger charge is 2.21. The largest absolute Gasteiger partial charge is 0.480 e. The second-order valence-electron chi connectivity index (χ2n) is 5.49. The number of hydrogen-bond donors (Lipinski definition) is 4. The predicted molar refractivity (Wildman–Crippen MR) is 112 cm³/mol. The van der Waals surface area contributed by atoms with Gasteiger partial charge in [0.2, 0.25) is 0 Å². The van der Waals surface area contributed by atoms with Gasteiger partial charge in [-0.3, -0.25) is 4.79 Å². The topological polar surface area (TPSA) is 165 Å². The first-order chi connectivity index (χ1) is 14.6. The molecular formula is C20H23ClN2O8. The second kappa shape index (κ2) is 15.2. The Morgan fingerprint density at radius 2 is 1.26 bits per heavy atom. The standard InChI is InChI=1S/C10H11NO4.C8H9NO2.C2H3ClO2/c1-15-10(14)11-8(9(12)13)7-5-3-2-4-6-7;9-7(8(10)11)6-4-2-1-3-5-6;1-5-2(3)4/h2-6,8H,1H3,(H,11,14)(H,12,13);1-5,7H,9H2,(H,10,11);1H3/t8-;;/m1../s1. The minimum atomic E-state index is -1.13. The SMILES string of the molecule is COC(=O)Cl.COC(=O)N[C@@H](C(=O)O)c1ccccc1.NC(C(=O)O)c1ccccc1. The van der Waals surface area contributed by atoms with Crippen LogP contribution in [-0.2, 0) is 19.1 Å². The number of carbonyl (C=O) groups excluding carboxylic acids is 2. The van der Waals surface area contributed by atoms with Crippen molar-refractivity contribution in [2.75, 3.05) is 14.2 Å². The minimum absolute atomic E-state index is 0.496. The molecule has 2 aromatic rings. The van der Waals surface area contributed by atoms with Crippen LogP contribution in [0.4, 0.5) is 9.59 Å². The van der Waals surface area contributed by atoms with Crippen LogP contribution in [0.5, 0.6) is 0 Å². The van der Waals surface area contributed by atoms with Crippen molar-refractivity contribution in [2.45, 2.75) is 12.1 Å². The molecule has 0 spiro atoms. The van der Waals surface area contributed by atoms with Crippen molar-refractivity contribution in [3.05, 3.63) is 71.8 Å². The third-order valence-corrected chi connectivity index (χ3v) is 3.57. The summed E-state index contributed by atoms with van der Waals surface area (Å²) in [5.41, 5.74) is 5.69. The van der Waals surface area contributed by atoms with Gasteiger partial charge in [0, 0.05) is 11.6 Å². The molecule has 2 rings (SSSR count). The van der Waals surface area contributed by atoms with E-state index >= 15 is 0 Å². The molecule has 168 valence electrons. The van der Waals surface area contributed by atoms with Gasteiger partial charge in [-0.25, -0.2) is 14.4 Å². The zero-order valence-electron chi connectivity index (χ0n) is 16.7. The molecule has 0 heterocycles. The Morgan fingerprint density at radius 3 is 1.58 bits per heavy atom. The van der Waals surface area contributed by atoms with Gasteiger partial charge >= 0.3 is 23.5 Å². The van der Waals surface area contributed by atoms with Crippen molar-refractivity contribution < 1.29 is 38.9 Å². The Morgan fingerprint density at radius 1 is 0.839 bits per heavy atom. The van der Waals surface area contributed by atoms with Gasteiger partial charge in [0.05, 0.1) is 14.2 Å². The van der Waals surface area contributed by atoms with Gasteiger partial charge in [0.1, 0.15) is 6.04 Å². The van der Waals surface area contributed by atoms with Crippen LogP contribution in [0.15, 0.2) is 60.7 Å². The molecule has 5 N–H and O–H groups in total. The number of halogens is 1. The number of carboxylic acids is 2. The van der Waals surface area contributed by atoms with E-state index in [2.05, 4.69) is 26.4 Å². The van der Waals surface area contributed by atoms with E-state index in [9.17, 15) is 19.2 Å². The predicted octanol–water partition coefficient (Wildman–Crippen LogP) is 2.93. The zero-order valence-corrected chi connectivity index (χ0v) is 17.5. The van der Waals surface area contributed by atoms with Crippen molar-refractivity contribution in [1.82, 2.24) is 5.32 Å². The van der Waals surface area contributed by atoms with Gasteiger partial charge in [0.15, 0.2) is 6.04 Å². The molecule has 0 saturated carbocycles. The van der Waals surface area contributed by atoms with Gasteiger partial charge in [-0.05, 0) is 11.1 Å². The summed E-state index contributed by atoms with van der Waals surface area (Å²) in [6, 6.07) is 15.1. The molecule has 0 fully saturated rings. The van der Waals surface area contributed by atoms with E-state index in [0.717, 1.165) is 0 Å². The summed E-state index contributed by atoms with van der Waals surface area (Å²) in [7, 11) is 2.40. The Hall–Kier alpha value is -3.63. The highest BCUT2D eigenvalue weighted by atomic mass is 35.5. The molecule has 2 atom stereocenters. The van der Waals surface area contributed by atoms with E-state index in [0.29, 0.717) is 11.1 Å². The molecule has 0 bridgehead atoms. The number of carboxylic acid groups (broad SMARTS) is 2. The number of nitrogens with two attached hydrogens (primary N) is 1. The molecule has 0 aliphatic heterocycles. The van der Waals surface area contributed by atoms with Crippen LogP contribution < -0.4 is 11.1 Å². The lowest BCUT2D eigenvalue weighted by Gasteiger charge is -2.13. The number of ether oxygens (including phenoxy) is 2. The molecule has 0 aliphatic carbocycles. The molecular weight excluding hydrogens is 432 g/mol. The normalized spacial score (nSPS) is 11.1. The summed E-state index contributed by atoms with van der Waals surface area (Å²) in [5, 5.41) is 19.6. The second-order valence-corrected chi connectivity index (χ2v) is 5.79. The van der Waals surface area contributed by atoms with Crippen molar-refractivity contribution in [3.8, 4) is 0 Å². The maximum atomic E-state index is 10.9. The van der Waals surface area contributed by atoms with Crippen molar-refractivity contribution in [2.24, 2.45) is 5.73 Å². The molecule has 2 aromatic carbocycles. The van der Waals surface area contributed by atoms with Crippen molar-refractivity contribution in [3.63, 3.8) is 0 Å². The molecule has 0 radical (unpaired) electrons. The van der Waals surface area contributed by atoms with E-state index < -0.39 is 35.5 Å². The maximum Gasteiger partial charge on any atom is 0.407 e. The Balaban J connectivity index is 0.000000492. The molecule has 1 unspecified atom stereocenters. The maximum absolute atomic E-state index is 10.9. The number of amides is 1. The van der Waals surface area contributed by atoms with Gasteiger partial charge in [0.25, 0.3) is 0 Å². The summed E-state index contributed by atoms with van der Waals surface area (Å²) in [4.78, 5) is 41.5. The molecule has 31 heavy (non-hydrogen) atoms. The van der Waals surface area contributed by atoms with E-state index in [1.165, 1.54) is 14.2 Å². The van der Waals surface area contributed by atoms with E-state index in [4.69, 9.17) is 15.9 Å². The lowest BCUT2D eigenvalue weighted by Crippen LogP contribution is -2.33. The zero-order chi connectivity index (χ0) is 23.8. The summed E-state index contributed by atoms with van der Waals surface area (Å²) < 4.78 is 8.22. The Kier molecular flexibility index (Phi) is 13.5. The van der Waals surface area contributed by atoms with Gasteiger partial charge in [-0.15, -0.1) is 0 Å². The molecule has 0 saturated heterocycles. The fraction of sp³-hybridized carbons (Fsp3) is 0.200. The van der Waals surface area contributed by atoms with Gasteiger partial charge in [-0.2, -0.15) is 0 Å². The fourth-order valence-electron chi connectivity index (χ4n) is 1.91. The third kappa shape index (κ3) is 11.8. The number of benzene rings is 2. The lowest BCUT2D eigenvalue weighted by molar-refractivity contribution is -0.140. The molecule has 0 aromatic heterocycles. The summed E-state index contributed by atoms with van der Waals surface area (Å²) in [6.45, 7) is 0. The molecule has 1 amide bonds. The first-order valence-corrected chi connectivity index (χ1v) is 8.90. The van der Waals surface area contributed by atoms with Crippen LogP contribution in [0.3, 0.4) is 0 Å². The number of hydrogen-bond acceptors (Lipinski definition) is 7. The Bertz CT molecular complexity index is 834. The number of methoxy groups -OCH3 is 2. The van der Waals surface area contributed by atoms with Crippen LogP contribution in [0, 0.1) is 0 Å². The smallest absolute Gasteiger partial charge is 0.407 e. The van der Waals surface area contributed by atoms with E-state index in [1.807, 2.05) is 6.07 Å². The Labute approximate surface area is 183 Å². The minimum Gasteiger partial charge on any atom is -0.480 e. The number of aliphatic carboxylic acids is 2. The van der Waals surface area contributed by atoms with Crippen LogP contribution >= 0.6 is 11.6 Å². The van der Waals surface area contributed by atoms with E-state index in [-0.39, 0.29) is 0 Å². The molecule has 0 aliphatic rings. The average Bonchev–Trinajstić information content (AvgIpc) is 2.78. The van der Waals surface area contributed by atoms with Crippen LogP contribution in [0.2, 0.25) is 0 Å². The number of rotatable bonds is 5. The number of alkyl carbamates (subject to hydrolysis) is 1. The quantitative estimate of drug-likeness (QED) is 0.496. The van der Waals surface area contributed by atoms with Crippen molar-refractivity contribution in [1.29, 1.82) is 0 Å². The highest BCUT2D eigenvalue weighted by molar-refractivity contribution is 6.61. The fourth-order valence-corrected chi connectivity index (χ4v) is 1.91. The highest BCUT2D eigenvalue weighted by Crippen LogP contribution is 2.12. The lowest BCUT2D eigenvalue weighted by atomic mass is 10.1. The van der Waals surface area contributed by atoms with Gasteiger partial charge < -0.3 is 30.7 Å². The van der Waals surface area contributed by atoms with Crippen LogP contribution in [0.25, 0.3) is 0 Å². The monoisotopic (exact) mass is 454 g/mol. The number of carbonyl (C=O) groups is 4. The first-order valence-electron chi connectivity index (χ1n) is 8.53. The number of nitrogens with one attached hydrogen (secondary N) is 1. The summed E-state index contributed by atoms with van der Waals surface area (Å²) in [6.07, 6.45) is -0.772. The third-order valence-electron chi connectivity index (χ3n) is 3.41. The van der Waals surface area contributed by atoms with Crippen LogP contribution in [0.1, 0.15) is 23.2 Å². The van der Waals surface area contributed by atoms with Crippen LogP contribution in [-0.4, -0.2) is 47.9 Å². The summed E-state index contributed by atoms with van der Waals surface area (Å²) in [5.74, 6) is -2.14. The summed E-state index contributed by atoms with van der Waals surface area (Å²) >= 11 is 4.60. The first kappa shape index (κ1) is 27.4. The van der Waals surface area contributed by atoms with Crippen molar-refractivity contribution >= 4 is 35.1 Å². The average molecular weight is 455 g/mol. The molecule has 11 heteroatoms. The van der Waals surface area contributed by atoms with Gasteiger partial charge in [-0.1, -0.05) is 60.7 Å². The van der Waals surface area contributed by atoms with E-state index in [1.54, 1.807) is 54.6 Å². The molecule has 10 nitrogen and oxygen atoms in total.